The lowest BCUT2D eigenvalue weighted by atomic mass is 10.1. The Balaban J connectivity index is 2.06. The number of nitrogens with one attached hydrogen (secondary N) is 1. The Bertz CT molecular complexity index is 567. The molecule has 0 unspecified atom stereocenters. The summed E-state index contributed by atoms with van der Waals surface area (Å²) >= 11 is 5.83. The molecule has 0 aliphatic heterocycles. The van der Waals surface area contributed by atoms with Crippen LogP contribution in [0.15, 0.2) is 42.6 Å². The molecule has 0 spiro atoms. The van der Waals surface area contributed by atoms with Crippen molar-refractivity contribution >= 4 is 23.2 Å². The van der Waals surface area contributed by atoms with Crippen LogP contribution in [0.5, 0.6) is 0 Å². The predicted molar refractivity (Wildman–Crippen MR) is 77.6 cm³/mol. The average Bonchev–Trinajstić information content (AvgIpc) is 2.41. The number of amides is 1. The van der Waals surface area contributed by atoms with Gasteiger partial charge in [0.15, 0.2) is 0 Å². The number of rotatable bonds is 4. The minimum atomic E-state index is -0.259. The lowest BCUT2D eigenvalue weighted by Crippen LogP contribution is -2.13. The summed E-state index contributed by atoms with van der Waals surface area (Å²) in [6.45, 7) is 2.14. The first-order valence-corrected chi connectivity index (χ1v) is 6.58. The van der Waals surface area contributed by atoms with Crippen LogP contribution >= 0.6 is 11.6 Å². The molecule has 1 heterocycles. The Kier molecular flexibility index (Phi) is 4.53. The maximum atomic E-state index is 11.9. The quantitative estimate of drug-likeness (QED) is 0.917. The molecule has 0 bridgehead atoms. The van der Waals surface area contributed by atoms with Gasteiger partial charge in [0.2, 0.25) is 0 Å². The molecule has 0 saturated heterocycles. The fourth-order valence-electron chi connectivity index (χ4n) is 1.77. The second-order valence-electron chi connectivity index (χ2n) is 4.26. The maximum Gasteiger partial charge on any atom is 0.274 e. The van der Waals surface area contributed by atoms with E-state index in [0.717, 1.165) is 18.5 Å². The molecule has 1 aromatic carbocycles. The lowest BCUT2D eigenvalue weighted by Gasteiger charge is -2.06. The number of anilines is 1. The van der Waals surface area contributed by atoms with Crippen LogP contribution in [0, 0.1) is 0 Å². The summed E-state index contributed by atoms with van der Waals surface area (Å²) in [4.78, 5) is 15.9. The van der Waals surface area contributed by atoms with Crippen molar-refractivity contribution in [3.05, 3.63) is 58.9 Å². The molecule has 0 aliphatic carbocycles. The largest absolute Gasteiger partial charge is 0.321 e. The molecule has 1 amide bonds. The van der Waals surface area contributed by atoms with Crippen molar-refractivity contribution in [3.63, 3.8) is 0 Å². The lowest BCUT2D eigenvalue weighted by molar-refractivity contribution is 0.102. The molecule has 0 atom stereocenters. The Hall–Kier alpha value is -1.87. The van der Waals surface area contributed by atoms with Crippen molar-refractivity contribution in [1.82, 2.24) is 4.98 Å². The minimum Gasteiger partial charge on any atom is -0.321 e. The van der Waals surface area contributed by atoms with Gasteiger partial charge in [-0.2, -0.15) is 0 Å². The first kappa shape index (κ1) is 13.6. The van der Waals surface area contributed by atoms with E-state index in [9.17, 15) is 4.79 Å². The SMILES string of the molecule is CCCc1ccc(NC(=O)c2cc(Cl)ccn2)cc1. The van der Waals surface area contributed by atoms with Crippen LogP contribution in [-0.2, 0) is 6.42 Å². The Morgan fingerprint density at radius 1 is 1.26 bits per heavy atom. The number of carbonyl (C=O) groups is 1. The van der Waals surface area contributed by atoms with E-state index in [-0.39, 0.29) is 5.91 Å². The summed E-state index contributed by atoms with van der Waals surface area (Å²) in [5, 5.41) is 3.29. The molecule has 0 aliphatic rings. The highest BCUT2D eigenvalue weighted by molar-refractivity contribution is 6.30. The Labute approximate surface area is 117 Å². The van der Waals surface area contributed by atoms with Gasteiger partial charge >= 0.3 is 0 Å². The van der Waals surface area contributed by atoms with Crippen molar-refractivity contribution in [2.45, 2.75) is 19.8 Å². The highest BCUT2D eigenvalue weighted by Crippen LogP contribution is 2.13. The van der Waals surface area contributed by atoms with Crippen molar-refractivity contribution in [3.8, 4) is 0 Å². The zero-order valence-corrected chi connectivity index (χ0v) is 11.4. The first-order valence-electron chi connectivity index (χ1n) is 6.21. The number of hydrogen-bond donors (Lipinski definition) is 1. The zero-order chi connectivity index (χ0) is 13.7. The van der Waals surface area contributed by atoms with Gasteiger partial charge in [-0.15, -0.1) is 0 Å². The van der Waals surface area contributed by atoms with Crippen molar-refractivity contribution in [2.24, 2.45) is 0 Å². The third kappa shape index (κ3) is 3.80. The molecule has 1 N–H and O–H groups in total. The van der Waals surface area contributed by atoms with Crippen LogP contribution in [0.2, 0.25) is 5.02 Å². The fourth-order valence-corrected chi connectivity index (χ4v) is 1.93. The molecule has 2 aromatic rings. The highest BCUT2D eigenvalue weighted by atomic mass is 35.5. The van der Waals surface area contributed by atoms with E-state index in [1.54, 1.807) is 12.1 Å². The standard InChI is InChI=1S/C15H15ClN2O/c1-2-3-11-4-6-13(7-5-11)18-15(19)14-10-12(16)8-9-17-14/h4-10H,2-3H2,1H3,(H,18,19). The number of hydrogen-bond acceptors (Lipinski definition) is 2. The number of carbonyl (C=O) groups excluding carboxylic acids is 1. The van der Waals surface area contributed by atoms with Crippen LogP contribution in [0.25, 0.3) is 0 Å². The second kappa shape index (κ2) is 6.34. The van der Waals surface area contributed by atoms with Gasteiger partial charge in [-0.25, -0.2) is 0 Å². The molecular weight excluding hydrogens is 260 g/mol. The van der Waals surface area contributed by atoms with E-state index in [2.05, 4.69) is 17.2 Å². The average molecular weight is 275 g/mol. The van der Waals surface area contributed by atoms with E-state index in [0.29, 0.717) is 10.7 Å². The molecule has 4 heteroatoms. The number of pyridine rings is 1. The van der Waals surface area contributed by atoms with E-state index < -0.39 is 0 Å². The van der Waals surface area contributed by atoms with Crippen LogP contribution in [0.4, 0.5) is 5.69 Å². The molecule has 1 aromatic heterocycles. The molecule has 98 valence electrons. The summed E-state index contributed by atoms with van der Waals surface area (Å²) < 4.78 is 0. The van der Waals surface area contributed by atoms with Crippen LogP contribution in [-0.4, -0.2) is 10.9 Å². The fraction of sp³-hybridized carbons (Fsp3) is 0.200. The monoisotopic (exact) mass is 274 g/mol. The van der Waals surface area contributed by atoms with Gasteiger partial charge in [0.25, 0.3) is 5.91 Å². The first-order chi connectivity index (χ1) is 9.19. The third-order valence-corrected chi connectivity index (χ3v) is 2.94. The van der Waals surface area contributed by atoms with Gasteiger partial charge in [0, 0.05) is 16.9 Å². The number of aromatic nitrogens is 1. The van der Waals surface area contributed by atoms with E-state index >= 15 is 0 Å². The molecule has 0 fully saturated rings. The normalized spacial score (nSPS) is 10.2. The molecule has 3 nitrogen and oxygen atoms in total. The summed E-state index contributed by atoms with van der Waals surface area (Å²) in [7, 11) is 0. The molecule has 0 radical (unpaired) electrons. The topological polar surface area (TPSA) is 42.0 Å². The Morgan fingerprint density at radius 2 is 2.00 bits per heavy atom. The van der Waals surface area contributed by atoms with Gasteiger partial charge in [-0.05, 0) is 36.2 Å². The number of benzene rings is 1. The van der Waals surface area contributed by atoms with E-state index in [1.165, 1.54) is 11.8 Å². The molecular formula is C15H15ClN2O. The number of nitrogens with zero attached hydrogens (tertiary/aromatic N) is 1. The summed E-state index contributed by atoms with van der Waals surface area (Å²) in [5.74, 6) is -0.259. The number of aryl methyl sites for hydroxylation is 1. The zero-order valence-electron chi connectivity index (χ0n) is 10.7. The smallest absolute Gasteiger partial charge is 0.274 e. The Morgan fingerprint density at radius 3 is 2.63 bits per heavy atom. The minimum absolute atomic E-state index is 0.259. The van der Waals surface area contributed by atoms with Crippen LogP contribution in [0.3, 0.4) is 0 Å². The van der Waals surface area contributed by atoms with Crippen LogP contribution < -0.4 is 5.32 Å². The predicted octanol–water partition coefficient (Wildman–Crippen LogP) is 3.94. The van der Waals surface area contributed by atoms with E-state index in [4.69, 9.17) is 11.6 Å². The van der Waals surface area contributed by atoms with Gasteiger partial charge < -0.3 is 5.32 Å². The van der Waals surface area contributed by atoms with Crippen molar-refractivity contribution in [2.75, 3.05) is 5.32 Å². The van der Waals surface area contributed by atoms with Crippen molar-refractivity contribution < 1.29 is 4.79 Å². The van der Waals surface area contributed by atoms with Gasteiger partial charge in [0.1, 0.15) is 5.69 Å². The highest BCUT2D eigenvalue weighted by Gasteiger charge is 2.07. The van der Waals surface area contributed by atoms with Crippen molar-refractivity contribution in [1.29, 1.82) is 0 Å². The summed E-state index contributed by atoms with van der Waals surface area (Å²) in [6, 6.07) is 11.0. The molecule has 2 rings (SSSR count). The van der Waals surface area contributed by atoms with Gasteiger partial charge in [-0.3, -0.25) is 9.78 Å². The third-order valence-electron chi connectivity index (χ3n) is 2.71. The van der Waals surface area contributed by atoms with Crippen LogP contribution in [0.1, 0.15) is 29.4 Å². The molecule has 0 saturated carbocycles. The van der Waals surface area contributed by atoms with Gasteiger partial charge in [-0.1, -0.05) is 37.1 Å². The molecule has 19 heavy (non-hydrogen) atoms. The van der Waals surface area contributed by atoms with Gasteiger partial charge in [0.05, 0.1) is 0 Å². The van der Waals surface area contributed by atoms with E-state index in [1.807, 2.05) is 24.3 Å². The number of halogens is 1. The summed E-state index contributed by atoms with van der Waals surface area (Å²) in [5.41, 5.74) is 2.33. The maximum absolute atomic E-state index is 11.9. The summed E-state index contributed by atoms with van der Waals surface area (Å²) in [6.07, 6.45) is 3.67. The second-order valence-corrected chi connectivity index (χ2v) is 4.70.